The number of nitrogens with two attached hydrogens (primary N) is 1. The lowest BCUT2D eigenvalue weighted by molar-refractivity contribution is -0.114. The van der Waals surface area contributed by atoms with Crippen LogP contribution in [0.2, 0.25) is 0 Å². The van der Waals surface area contributed by atoms with Gasteiger partial charge < -0.3 is 26.4 Å². The van der Waals surface area contributed by atoms with Crippen LogP contribution >= 0.6 is 0 Å². The van der Waals surface area contributed by atoms with E-state index in [2.05, 4.69) is 41.1 Å². The quantitative estimate of drug-likeness (QED) is 0.336. The lowest BCUT2D eigenvalue weighted by Gasteiger charge is -2.13. The summed E-state index contributed by atoms with van der Waals surface area (Å²) in [7, 11) is 0. The fourth-order valence-corrected chi connectivity index (χ4v) is 2.60. The van der Waals surface area contributed by atoms with Gasteiger partial charge in [-0.15, -0.1) is 0 Å². The summed E-state index contributed by atoms with van der Waals surface area (Å²) in [6.45, 7) is 5.36. The van der Waals surface area contributed by atoms with Crippen LogP contribution in [0.5, 0.6) is 0 Å². The minimum Gasteiger partial charge on any atom is -0.461 e. The van der Waals surface area contributed by atoms with Gasteiger partial charge in [0.1, 0.15) is 11.6 Å². The molecule has 0 unspecified atom stereocenters. The lowest BCUT2D eigenvalue weighted by Crippen LogP contribution is -2.17. The van der Waals surface area contributed by atoms with Crippen LogP contribution in [-0.4, -0.2) is 43.6 Å². The number of hydrogen-bond donors (Lipinski definition) is 5. The number of pyridine rings is 1. The van der Waals surface area contributed by atoms with Gasteiger partial charge in [-0.3, -0.25) is 9.89 Å². The maximum absolute atomic E-state index is 12.3. The van der Waals surface area contributed by atoms with Gasteiger partial charge in [0.05, 0.1) is 36.4 Å². The Labute approximate surface area is 178 Å². The highest BCUT2D eigenvalue weighted by Gasteiger charge is 2.19. The molecule has 12 nitrogen and oxygen atoms in total. The number of anilines is 5. The van der Waals surface area contributed by atoms with Crippen molar-refractivity contribution in [3.8, 4) is 0 Å². The number of nitrogens with zero attached hydrogens (tertiary/aromatic N) is 4. The van der Waals surface area contributed by atoms with E-state index >= 15 is 0 Å². The summed E-state index contributed by atoms with van der Waals surface area (Å²) >= 11 is 0. The molecule has 31 heavy (non-hydrogen) atoms. The summed E-state index contributed by atoms with van der Waals surface area (Å²) in [5.74, 6) is 0.282. The molecule has 162 valence electrons. The van der Waals surface area contributed by atoms with Crippen LogP contribution < -0.4 is 21.7 Å². The topological polar surface area (TPSA) is 173 Å². The van der Waals surface area contributed by atoms with Crippen LogP contribution in [0, 0.1) is 6.92 Å². The van der Waals surface area contributed by atoms with Gasteiger partial charge in [0.2, 0.25) is 11.9 Å². The van der Waals surface area contributed by atoms with Crippen LogP contribution in [0.3, 0.4) is 0 Å². The fourth-order valence-electron chi connectivity index (χ4n) is 2.60. The molecule has 0 spiro atoms. The number of aryl methyl sites for hydroxylation is 1. The van der Waals surface area contributed by atoms with Gasteiger partial charge in [-0.05, 0) is 26.0 Å². The van der Waals surface area contributed by atoms with Crippen molar-refractivity contribution in [3.63, 3.8) is 0 Å². The van der Waals surface area contributed by atoms with Crippen LogP contribution in [0.4, 0.5) is 29.0 Å². The van der Waals surface area contributed by atoms with Crippen molar-refractivity contribution >= 4 is 40.8 Å². The van der Waals surface area contributed by atoms with Gasteiger partial charge in [0, 0.05) is 18.7 Å². The summed E-state index contributed by atoms with van der Waals surface area (Å²) < 4.78 is 5.06. The minimum absolute atomic E-state index is 0.0443. The number of amides is 1. The van der Waals surface area contributed by atoms with Crippen molar-refractivity contribution in [3.05, 3.63) is 41.5 Å². The summed E-state index contributed by atoms with van der Waals surface area (Å²) in [5, 5.41) is 15.6. The first-order valence-electron chi connectivity index (χ1n) is 9.45. The number of hydrogen-bond acceptors (Lipinski definition) is 10. The monoisotopic (exact) mass is 425 g/mol. The molecule has 3 aromatic heterocycles. The van der Waals surface area contributed by atoms with Crippen LogP contribution in [0.1, 0.15) is 35.7 Å². The fraction of sp³-hybridized carbons (Fsp3) is 0.263. The summed E-state index contributed by atoms with van der Waals surface area (Å²) in [5.41, 5.74) is 8.04. The summed E-state index contributed by atoms with van der Waals surface area (Å²) in [6.07, 6.45) is 1.50. The Morgan fingerprint density at radius 1 is 1.23 bits per heavy atom. The maximum atomic E-state index is 12.3. The van der Waals surface area contributed by atoms with E-state index in [-0.39, 0.29) is 36.4 Å². The van der Waals surface area contributed by atoms with Crippen molar-refractivity contribution in [2.24, 2.45) is 0 Å². The summed E-state index contributed by atoms with van der Waals surface area (Å²) in [4.78, 5) is 36.2. The Bertz CT molecular complexity index is 1080. The van der Waals surface area contributed by atoms with E-state index in [1.165, 1.54) is 13.1 Å². The Hall–Kier alpha value is -4.22. The SMILES string of the molecule is CCOC(=O)c1nc(Nc2ccc(NC(C)=O)nc2)nc(CNc2cc(C)[nH]n2)c1N. The molecule has 0 saturated heterocycles. The first kappa shape index (κ1) is 21.5. The molecule has 3 heterocycles. The first-order valence-corrected chi connectivity index (χ1v) is 9.45. The zero-order valence-corrected chi connectivity index (χ0v) is 17.3. The molecule has 0 bridgehead atoms. The first-order chi connectivity index (χ1) is 14.9. The molecule has 0 radical (unpaired) electrons. The Morgan fingerprint density at radius 3 is 2.65 bits per heavy atom. The van der Waals surface area contributed by atoms with E-state index in [9.17, 15) is 9.59 Å². The summed E-state index contributed by atoms with van der Waals surface area (Å²) in [6, 6.07) is 5.13. The van der Waals surface area contributed by atoms with Crippen molar-refractivity contribution in [2.75, 3.05) is 28.3 Å². The van der Waals surface area contributed by atoms with Gasteiger partial charge in [-0.1, -0.05) is 0 Å². The molecule has 0 saturated carbocycles. The molecule has 0 atom stereocenters. The number of carbonyl (C=O) groups excluding carboxylic acids is 2. The van der Waals surface area contributed by atoms with E-state index in [0.717, 1.165) is 5.69 Å². The number of aromatic nitrogens is 5. The number of nitrogen functional groups attached to an aromatic ring is 1. The molecular weight excluding hydrogens is 402 g/mol. The van der Waals surface area contributed by atoms with Crippen molar-refractivity contribution in [1.82, 2.24) is 25.1 Å². The normalized spacial score (nSPS) is 10.4. The lowest BCUT2D eigenvalue weighted by atomic mass is 10.2. The van der Waals surface area contributed by atoms with Crippen LogP contribution in [0.25, 0.3) is 0 Å². The van der Waals surface area contributed by atoms with E-state index in [4.69, 9.17) is 10.5 Å². The number of nitrogens with one attached hydrogen (secondary N) is 4. The van der Waals surface area contributed by atoms with Gasteiger partial charge >= 0.3 is 5.97 Å². The molecule has 0 aliphatic rings. The predicted molar refractivity (Wildman–Crippen MR) is 115 cm³/mol. The number of aromatic amines is 1. The highest BCUT2D eigenvalue weighted by Crippen LogP contribution is 2.21. The number of esters is 1. The zero-order valence-electron chi connectivity index (χ0n) is 17.3. The smallest absolute Gasteiger partial charge is 0.359 e. The molecule has 3 aromatic rings. The molecule has 12 heteroatoms. The van der Waals surface area contributed by atoms with Crippen LogP contribution in [0.15, 0.2) is 24.4 Å². The number of H-pyrrole nitrogens is 1. The van der Waals surface area contributed by atoms with E-state index in [0.29, 0.717) is 23.0 Å². The molecule has 0 aliphatic carbocycles. The van der Waals surface area contributed by atoms with E-state index < -0.39 is 5.97 Å². The van der Waals surface area contributed by atoms with Gasteiger partial charge in [-0.25, -0.2) is 19.7 Å². The second kappa shape index (κ2) is 9.52. The standard InChI is InChI=1S/C19H23N9O3/c1-4-31-18(30)17-16(20)13(9-22-15-7-10(2)27-28-15)25-19(26-17)24-12-5-6-14(21-8-12)23-11(3)29/h5-8H,4,9,20H2,1-3H3,(H,21,23,29)(H2,22,27,28)(H,24,25,26). The zero-order chi connectivity index (χ0) is 22.4. The third kappa shape index (κ3) is 5.65. The second-order valence-electron chi connectivity index (χ2n) is 6.50. The van der Waals surface area contributed by atoms with Gasteiger partial charge in [-0.2, -0.15) is 5.10 Å². The second-order valence-corrected chi connectivity index (χ2v) is 6.50. The molecule has 3 rings (SSSR count). The maximum Gasteiger partial charge on any atom is 0.359 e. The molecule has 0 aliphatic heterocycles. The molecule has 0 fully saturated rings. The predicted octanol–water partition coefficient (Wildman–Crippen LogP) is 1.98. The van der Waals surface area contributed by atoms with E-state index in [1.807, 2.05) is 13.0 Å². The third-order valence-electron chi connectivity index (χ3n) is 3.96. The van der Waals surface area contributed by atoms with Gasteiger partial charge in [0.15, 0.2) is 5.69 Å². The minimum atomic E-state index is -0.651. The number of carbonyl (C=O) groups is 2. The van der Waals surface area contributed by atoms with Crippen molar-refractivity contribution < 1.29 is 14.3 Å². The molecular formula is C19H23N9O3. The highest BCUT2D eigenvalue weighted by molar-refractivity contribution is 5.94. The molecule has 1 amide bonds. The van der Waals surface area contributed by atoms with Crippen molar-refractivity contribution in [1.29, 1.82) is 0 Å². The largest absolute Gasteiger partial charge is 0.461 e. The molecule has 6 N–H and O–H groups in total. The van der Waals surface area contributed by atoms with Gasteiger partial charge in [0.25, 0.3) is 0 Å². The third-order valence-corrected chi connectivity index (χ3v) is 3.96. The Morgan fingerprint density at radius 2 is 2.03 bits per heavy atom. The van der Waals surface area contributed by atoms with Crippen molar-refractivity contribution in [2.45, 2.75) is 27.3 Å². The Kier molecular flexibility index (Phi) is 6.60. The average molecular weight is 425 g/mol. The molecule has 0 aromatic carbocycles. The average Bonchev–Trinajstić information content (AvgIpc) is 3.14. The number of rotatable bonds is 8. The number of ether oxygens (including phenoxy) is 1. The van der Waals surface area contributed by atoms with Crippen LogP contribution in [-0.2, 0) is 16.1 Å². The Balaban J connectivity index is 1.86. The van der Waals surface area contributed by atoms with E-state index in [1.54, 1.807) is 19.1 Å². The highest BCUT2D eigenvalue weighted by atomic mass is 16.5.